The lowest BCUT2D eigenvalue weighted by atomic mass is 10.1. The van der Waals surface area contributed by atoms with E-state index in [1.165, 1.54) is 7.11 Å². The number of methoxy groups -OCH3 is 1. The number of ether oxygens (including phenoxy) is 1. The fourth-order valence-corrected chi connectivity index (χ4v) is 1.54. The van der Waals surface area contributed by atoms with E-state index in [0.29, 0.717) is 12.1 Å². The van der Waals surface area contributed by atoms with E-state index in [1.54, 1.807) is 18.6 Å². The molecule has 2 aromatic rings. The molecule has 1 aromatic heterocycles. The Morgan fingerprint density at radius 1 is 1.41 bits per heavy atom. The number of nitrogens with zero attached hydrogens (tertiary/aromatic N) is 2. The van der Waals surface area contributed by atoms with Gasteiger partial charge in [0.2, 0.25) is 0 Å². The number of esters is 1. The number of imidazole rings is 1. The first-order chi connectivity index (χ1) is 7.81. The minimum atomic E-state index is -0.310. The summed E-state index contributed by atoms with van der Waals surface area (Å²) < 4.78 is 6.64. The van der Waals surface area contributed by atoms with Gasteiger partial charge in [0.15, 0.2) is 0 Å². The fourth-order valence-electron chi connectivity index (χ4n) is 1.54. The second kappa shape index (κ2) is 6.06. The van der Waals surface area contributed by atoms with Crippen LogP contribution < -0.4 is 0 Å². The molecule has 4 nitrogen and oxygen atoms in total. The number of rotatable bonds is 3. The van der Waals surface area contributed by atoms with Crippen LogP contribution >= 0.6 is 12.4 Å². The third-order valence-corrected chi connectivity index (χ3v) is 2.33. The SMILES string of the molecule is COC(=O)c1ccccc1Cn1ccnc1.Cl. The topological polar surface area (TPSA) is 44.1 Å². The van der Waals surface area contributed by atoms with Gasteiger partial charge in [0.1, 0.15) is 0 Å². The Kier molecular flexibility index (Phi) is 4.72. The lowest BCUT2D eigenvalue weighted by Gasteiger charge is -2.07. The summed E-state index contributed by atoms with van der Waals surface area (Å²) in [5.41, 5.74) is 1.52. The van der Waals surface area contributed by atoms with Gasteiger partial charge in [-0.25, -0.2) is 9.78 Å². The molecule has 0 aliphatic heterocycles. The molecule has 2 rings (SSSR count). The first-order valence-electron chi connectivity index (χ1n) is 4.93. The van der Waals surface area contributed by atoms with Gasteiger partial charge in [-0.2, -0.15) is 0 Å². The van der Waals surface area contributed by atoms with Gasteiger partial charge in [-0.05, 0) is 11.6 Å². The molecule has 0 spiro atoms. The van der Waals surface area contributed by atoms with Crippen LogP contribution in [0.4, 0.5) is 0 Å². The van der Waals surface area contributed by atoms with Gasteiger partial charge in [0, 0.05) is 18.9 Å². The maximum Gasteiger partial charge on any atom is 0.338 e. The Hall–Kier alpha value is -1.81. The summed E-state index contributed by atoms with van der Waals surface area (Å²) in [7, 11) is 1.39. The minimum Gasteiger partial charge on any atom is -0.465 e. The van der Waals surface area contributed by atoms with Crippen LogP contribution in [0.1, 0.15) is 15.9 Å². The van der Waals surface area contributed by atoms with Gasteiger partial charge in [-0.1, -0.05) is 18.2 Å². The Labute approximate surface area is 106 Å². The molecule has 17 heavy (non-hydrogen) atoms. The number of hydrogen-bond acceptors (Lipinski definition) is 3. The van der Waals surface area contributed by atoms with Crippen LogP contribution in [0.5, 0.6) is 0 Å². The molecular formula is C12H13ClN2O2. The zero-order valence-corrected chi connectivity index (χ0v) is 10.2. The summed E-state index contributed by atoms with van der Waals surface area (Å²) >= 11 is 0. The molecule has 1 aromatic carbocycles. The highest BCUT2D eigenvalue weighted by molar-refractivity contribution is 5.90. The van der Waals surface area contributed by atoms with E-state index in [4.69, 9.17) is 4.74 Å². The van der Waals surface area contributed by atoms with Crippen LogP contribution in [-0.2, 0) is 11.3 Å². The predicted octanol–water partition coefficient (Wildman–Crippen LogP) is 2.14. The average Bonchev–Trinajstić information content (AvgIpc) is 2.82. The quantitative estimate of drug-likeness (QED) is 0.786. The lowest BCUT2D eigenvalue weighted by molar-refractivity contribution is 0.0599. The second-order valence-electron chi connectivity index (χ2n) is 3.38. The van der Waals surface area contributed by atoms with Crippen molar-refractivity contribution in [3.63, 3.8) is 0 Å². The number of aromatic nitrogens is 2. The molecule has 5 heteroatoms. The molecule has 0 saturated carbocycles. The Balaban J connectivity index is 0.00000144. The van der Waals surface area contributed by atoms with E-state index in [9.17, 15) is 4.79 Å². The number of benzene rings is 1. The smallest absolute Gasteiger partial charge is 0.338 e. The molecule has 0 atom stereocenters. The summed E-state index contributed by atoms with van der Waals surface area (Å²) in [6.07, 6.45) is 5.28. The van der Waals surface area contributed by atoms with E-state index in [1.807, 2.05) is 29.0 Å². The van der Waals surface area contributed by atoms with Crippen molar-refractivity contribution in [2.75, 3.05) is 7.11 Å². The van der Waals surface area contributed by atoms with Crippen molar-refractivity contribution in [1.29, 1.82) is 0 Å². The summed E-state index contributed by atoms with van der Waals surface area (Å²) in [6, 6.07) is 7.40. The van der Waals surface area contributed by atoms with Gasteiger partial charge in [-0.15, -0.1) is 12.4 Å². The molecule has 0 amide bonds. The van der Waals surface area contributed by atoms with Crippen molar-refractivity contribution in [2.45, 2.75) is 6.54 Å². The van der Waals surface area contributed by atoms with Crippen LogP contribution in [0, 0.1) is 0 Å². The van der Waals surface area contributed by atoms with Crippen molar-refractivity contribution in [2.24, 2.45) is 0 Å². The maximum absolute atomic E-state index is 11.5. The molecule has 0 aliphatic rings. The van der Waals surface area contributed by atoms with E-state index in [2.05, 4.69) is 4.98 Å². The summed E-state index contributed by atoms with van der Waals surface area (Å²) in [5.74, 6) is -0.310. The minimum absolute atomic E-state index is 0. The average molecular weight is 253 g/mol. The van der Waals surface area contributed by atoms with E-state index < -0.39 is 0 Å². The van der Waals surface area contributed by atoms with Crippen molar-refractivity contribution in [1.82, 2.24) is 9.55 Å². The molecule has 0 bridgehead atoms. The molecular weight excluding hydrogens is 240 g/mol. The van der Waals surface area contributed by atoms with E-state index in [0.717, 1.165) is 5.56 Å². The van der Waals surface area contributed by atoms with Crippen molar-refractivity contribution < 1.29 is 9.53 Å². The third kappa shape index (κ3) is 3.07. The molecule has 0 N–H and O–H groups in total. The highest BCUT2D eigenvalue weighted by Gasteiger charge is 2.10. The van der Waals surface area contributed by atoms with Gasteiger partial charge >= 0.3 is 5.97 Å². The van der Waals surface area contributed by atoms with Crippen molar-refractivity contribution >= 4 is 18.4 Å². The molecule has 0 unspecified atom stereocenters. The van der Waals surface area contributed by atoms with Gasteiger partial charge in [-0.3, -0.25) is 0 Å². The fraction of sp³-hybridized carbons (Fsp3) is 0.167. The van der Waals surface area contributed by atoms with Gasteiger partial charge in [0.25, 0.3) is 0 Å². The Morgan fingerprint density at radius 2 is 2.18 bits per heavy atom. The molecule has 0 aliphatic carbocycles. The second-order valence-corrected chi connectivity index (χ2v) is 3.38. The number of carbonyl (C=O) groups excluding carboxylic acids is 1. The van der Waals surface area contributed by atoms with Crippen LogP contribution in [0.3, 0.4) is 0 Å². The molecule has 90 valence electrons. The van der Waals surface area contributed by atoms with Crippen LogP contribution in [-0.4, -0.2) is 22.6 Å². The maximum atomic E-state index is 11.5. The third-order valence-electron chi connectivity index (χ3n) is 2.33. The highest BCUT2D eigenvalue weighted by atomic mass is 35.5. The molecule has 0 saturated heterocycles. The van der Waals surface area contributed by atoms with Crippen LogP contribution in [0.25, 0.3) is 0 Å². The molecule has 1 heterocycles. The summed E-state index contributed by atoms with van der Waals surface area (Å²) in [4.78, 5) is 15.5. The zero-order chi connectivity index (χ0) is 11.4. The molecule has 0 radical (unpaired) electrons. The largest absolute Gasteiger partial charge is 0.465 e. The zero-order valence-electron chi connectivity index (χ0n) is 9.37. The van der Waals surface area contributed by atoms with Crippen molar-refractivity contribution in [3.05, 3.63) is 54.1 Å². The lowest BCUT2D eigenvalue weighted by Crippen LogP contribution is -2.08. The summed E-state index contributed by atoms with van der Waals surface area (Å²) in [6.45, 7) is 0.616. The van der Waals surface area contributed by atoms with Crippen LogP contribution in [0.2, 0.25) is 0 Å². The standard InChI is InChI=1S/C12H12N2O2.ClH/c1-16-12(15)11-5-3-2-4-10(11)8-14-7-6-13-9-14;/h2-7,9H,8H2,1H3;1H. The normalized spacial score (nSPS) is 9.47. The van der Waals surface area contributed by atoms with Crippen molar-refractivity contribution in [3.8, 4) is 0 Å². The van der Waals surface area contributed by atoms with Gasteiger partial charge < -0.3 is 9.30 Å². The number of hydrogen-bond donors (Lipinski definition) is 0. The highest BCUT2D eigenvalue weighted by Crippen LogP contribution is 2.11. The van der Waals surface area contributed by atoms with Gasteiger partial charge in [0.05, 0.1) is 19.0 Å². The Bertz CT molecular complexity index is 483. The summed E-state index contributed by atoms with van der Waals surface area (Å²) in [5, 5.41) is 0. The molecule has 0 fully saturated rings. The Morgan fingerprint density at radius 3 is 2.82 bits per heavy atom. The number of halogens is 1. The predicted molar refractivity (Wildman–Crippen MR) is 66.4 cm³/mol. The number of carbonyl (C=O) groups is 1. The first-order valence-corrected chi connectivity index (χ1v) is 4.93. The van der Waals surface area contributed by atoms with Crippen LogP contribution in [0.15, 0.2) is 43.0 Å². The van der Waals surface area contributed by atoms with E-state index >= 15 is 0 Å². The monoisotopic (exact) mass is 252 g/mol. The first kappa shape index (κ1) is 13.3. The van der Waals surface area contributed by atoms with E-state index in [-0.39, 0.29) is 18.4 Å².